The Kier molecular flexibility index (Phi) is 4.43. The van der Waals surface area contributed by atoms with Crippen molar-refractivity contribution in [3.63, 3.8) is 0 Å². The molecule has 0 amide bonds. The Hall–Kier alpha value is -1.56. The van der Waals surface area contributed by atoms with Crippen LogP contribution in [0, 0.1) is 11.7 Å². The minimum absolute atomic E-state index is 0.299. The number of halogens is 1. The molecule has 1 heterocycles. The SMILES string of the molecule is Nn1c(SCC2CCCCC2)nnc1-c1cccc(F)c1. The van der Waals surface area contributed by atoms with Gasteiger partial charge in [-0.2, -0.15) is 0 Å². The monoisotopic (exact) mass is 306 g/mol. The van der Waals surface area contributed by atoms with Crippen molar-refractivity contribution in [1.29, 1.82) is 0 Å². The summed E-state index contributed by atoms with van der Waals surface area (Å²) >= 11 is 1.64. The highest BCUT2D eigenvalue weighted by Gasteiger charge is 2.17. The average Bonchev–Trinajstić information content (AvgIpc) is 2.87. The van der Waals surface area contributed by atoms with E-state index < -0.39 is 0 Å². The summed E-state index contributed by atoms with van der Waals surface area (Å²) < 4.78 is 14.7. The Balaban J connectivity index is 1.70. The molecular weight excluding hydrogens is 287 g/mol. The van der Waals surface area contributed by atoms with E-state index in [0.717, 1.165) is 11.7 Å². The van der Waals surface area contributed by atoms with Gasteiger partial charge in [-0.15, -0.1) is 10.2 Å². The first-order chi connectivity index (χ1) is 10.2. The van der Waals surface area contributed by atoms with Gasteiger partial charge < -0.3 is 5.84 Å². The molecule has 0 saturated heterocycles. The summed E-state index contributed by atoms with van der Waals surface area (Å²) in [5.74, 6) is 8.03. The molecule has 1 aromatic heterocycles. The van der Waals surface area contributed by atoms with Gasteiger partial charge in [0.1, 0.15) is 5.82 Å². The van der Waals surface area contributed by atoms with E-state index in [2.05, 4.69) is 10.2 Å². The first kappa shape index (κ1) is 14.4. The number of nitrogens with two attached hydrogens (primary N) is 1. The first-order valence-corrected chi connectivity index (χ1v) is 8.32. The van der Waals surface area contributed by atoms with Gasteiger partial charge in [0.25, 0.3) is 0 Å². The van der Waals surface area contributed by atoms with Crippen LogP contribution in [0.3, 0.4) is 0 Å². The van der Waals surface area contributed by atoms with Gasteiger partial charge in [0.2, 0.25) is 5.16 Å². The first-order valence-electron chi connectivity index (χ1n) is 7.33. The van der Waals surface area contributed by atoms with E-state index in [1.54, 1.807) is 23.9 Å². The number of rotatable bonds is 4. The number of nitrogen functional groups attached to an aromatic ring is 1. The standard InChI is InChI=1S/C15H19FN4S/c16-13-8-4-7-12(9-13)14-18-19-15(20(14)17)21-10-11-5-2-1-3-6-11/h4,7-9,11H,1-3,5-6,10,17H2. The molecule has 2 N–H and O–H groups in total. The molecular formula is C15H19FN4S. The van der Waals surface area contributed by atoms with Crippen LogP contribution in [-0.4, -0.2) is 20.6 Å². The van der Waals surface area contributed by atoms with Crippen LogP contribution in [0.15, 0.2) is 29.4 Å². The molecule has 0 spiro atoms. The van der Waals surface area contributed by atoms with Crippen LogP contribution in [-0.2, 0) is 0 Å². The molecule has 0 atom stereocenters. The second kappa shape index (κ2) is 6.47. The van der Waals surface area contributed by atoms with Crippen molar-refractivity contribution in [1.82, 2.24) is 14.9 Å². The van der Waals surface area contributed by atoms with Crippen LogP contribution >= 0.6 is 11.8 Å². The number of benzene rings is 1. The van der Waals surface area contributed by atoms with Crippen molar-refractivity contribution in [2.75, 3.05) is 11.6 Å². The Morgan fingerprint density at radius 3 is 2.81 bits per heavy atom. The molecule has 1 aliphatic rings. The van der Waals surface area contributed by atoms with Crippen LogP contribution < -0.4 is 5.84 Å². The van der Waals surface area contributed by atoms with Crippen LogP contribution in [0.4, 0.5) is 4.39 Å². The lowest BCUT2D eigenvalue weighted by Gasteiger charge is -2.20. The third-order valence-corrected chi connectivity index (χ3v) is 5.09. The van der Waals surface area contributed by atoms with Crippen molar-refractivity contribution in [2.24, 2.45) is 5.92 Å². The molecule has 112 valence electrons. The third-order valence-electron chi connectivity index (χ3n) is 3.92. The molecule has 1 saturated carbocycles. The van der Waals surface area contributed by atoms with Gasteiger partial charge in [0, 0.05) is 11.3 Å². The molecule has 0 aliphatic heterocycles. The number of aromatic nitrogens is 3. The minimum atomic E-state index is -0.299. The third kappa shape index (κ3) is 3.37. The zero-order valence-electron chi connectivity index (χ0n) is 11.8. The predicted molar refractivity (Wildman–Crippen MR) is 82.9 cm³/mol. The zero-order valence-corrected chi connectivity index (χ0v) is 12.7. The minimum Gasteiger partial charge on any atom is -0.335 e. The normalized spacial score (nSPS) is 16.2. The molecule has 1 fully saturated rings. The largest absolute Gasteiger partial charge is 0.335 e. The highest BCUT2D eigenvalue weighted by molar-refractivity contribution is 7.99. The zero-order chi connectivity index (χ0) is 14.7. The molecule has 6 heteroatoms. The number of hydrogen-bond donors (Lipinski definition) is 1. The molecule has 1 aromatic carbocycles. The van der Waals surface area contributed by atoms with Gasteiger partial charge in [-0.05, 0) is 30.9 Å². The van der Waals surface area contributed by atoms with E-state index in [4.69, 9.17) is 5.84 Å². The lowest BCUT2D eigenvalue weighted by Crippen LogP contribution is -2.13. The lowest BCUT2D eigenvalue weighted by molar-refractivity contribution is 0.390. The summed E-state index contributed by atoms with van der Waals surface area (Å²) in [7, 11) is 0. The maximum absolute atomic E-state index is 13.3. The quantitative estimate of drug-likeness (QED) is 0.694. The van der Waals surface area contributed by atoms with E-state index in [1.165, 1.54) is 48.9 Å². The van der Waals surface area contributed by atoms with E-state index >= 15 is 0 Å². The van der Waals surface area contributed by atoms with Crippen molar-refractivity contribution in [2.45, 2.75) is 37.3 Å². The van der Waals surface area contributed by atoms with Gasteiger partial charge in [0.05, 0.1) is 0 Å². The second-order valence-corrected chi connectivity index (χ2v) is 6.49. The van der Waals surface area contributed by atoms with Crippen molar-refractivity contribution in [3.8, 4) is 11.4 Å². The maximum Gasteiger partial charge on any atom is 0.210 e. The second-order valence-electron chi connectivity index (χ2n) is 5.50. The topological polar surface area (TPSA) is 56.7 Å². The molecule has 0 bridgehead atoms. The van der Waals surface area contributed by atoms with E-state index in [1.807, 2.05) is 0 Å². The Labute approximate surface area is 127 Å². The highest BCUT2D eigenvalue weighted by atomic mass is 32.2. The molecule has 3 rings (SSSR count). The summed E-state index contributed by atoms with van der Waals surface area (Å²) in [6.45, 7) is 0. The fraction of sp³-hybridized carbons (Fsp3) is 0.467. The lowest BCUT2D eigenvalue weighted by atomic mass is 9.91. The molecule has 0 radical (unpaired) electrons. The van der Waals surface area contributed by atoms with Crippen LogP contribution in [0.25, 0.3) is 11.4 Å². The molecule has 21 heavy (non-hydrogen) atoms. The van der Waals surface area contributed by atoms with E-state index in [9.17, 15) is 4.39 Å². The average molecular weight is 306 g/mol. The summed E-state index contributed by atoms with van der Waals surface area (Å²) in [5.41, 5.74) is 0.648. The van der Waals surface area contributed by atoms with Crippen molar-refractivity contribution in [3.05, 3.63) is 30.1 Å². The maximum atomic E-state index is 13.3. The molecule has 2 aromatic rings. The van der Waals surface area contributed by atoms with E-state index in [0.29, 0.717) is 16.5 Å². The Morgan fingerprint density at radius 2 is 2.05 bits per heavy atom. The van der Waals surface area contributed by atoms with Crippen LogP contribution in [0.2, 0.25) is 0 Å². The Morgan fingerprint density at radius 1 is 1.24 bits per heavy atom. The van der Waals surface area contributed by atoms with Crippen molar-refractivity contribution >= 4 is 11.8 Å². The predicted octanol–water partition coefficient (Wildman–Crippen LogP) is 3.47. The molecule has 4 nitrogen and oxygen atoms in total. The summed E-state index contributed by atoms with van der Waals surface area (Å²) in [5, 5.41) is 8.92. The fourth-order valence-corrected chi connectivity index (χ4v) is 3.79. The smallest absolute Gasteiger partial charge is 0.210 e. The van der Waals surface area contributed by atoms with Gasteiger partial charge >= 0.3 is 0 Å². The molecule has 1 aliphatic carbocycles. The van der Waals surface area contributed by atoms with Crippen LogP contribution in [0.5, 0.6) is 0 Å². The van der Waals surface area contributed by atoms with E-state index in [-0.39, 0.29) is 5.82 Å². The Bertz CT molecular complexity index is 607. The summed E-state index contributed by atoms with van der Waals surface area (Å²) in [4.78, 5) is 0. The van der Waals surface area contributed by atoms with Crippen LogP contribution in [0.1, 0.15) is 32.1 Å². The molecule has 0 unspecified atom stereocenters. The van der Waals surface area contributed by atoms with Gasteiger partial charge in [-0.25, -0.2) is 9.07 Å². The number of nitrogens with zero attached hydrogens (tertiary/aromatic N) is 3. The number of hydrogen-bond acceptors (Lipinski definition) is 4. The van der Waals surface area contributed by atoms with Crippen molar-refractivity contribution < 1.29 is 4.39 Å². The summed E-state index contributed by atoms with van der Waals surface area (Å²) in [6.07, 6.45) is 6.60. The van der Waals surface area contributed by atoms with Gasteiger partial charge in [-0.3, -0.25) is 0 Å². The highest BCUT2D eigenvalue weighted by Crippen LogP contribution is 2.30. The summed E-state index contributed by atoms with van der Waals surface area (Å²) in [6, 6.07) is 6.25. The number of thioether (sulfide) groups is 1. The fourth-order valence-electron chi connectivity index (χ4n) is 2.75. The van der Waals surface area contributed by atoms with Gasteiger partial charge in [-0.1, -0.05) is 43.2 Å². The van der Waals surface area contributed by atoms with Gasteiger partial charge in [0.15, 0.2) is 5.82 Å².